The monoisotopic (exact) mass is 266 g/mol. The van der Waals surface area contributed by atoms with Crippen molar-refractivity contribution in [1.82, 2.24) is 0 Å². The van der Waals surface area contributed by atoms with Crippen molar-refractivity contribution in [3.63, 3.8) is 0 Å². The molecule has 0 bridgehead atoms. The molecule has 0 heterocycles. The molecule has 0 saturated carbocycles. The van der Waals surface area contributed by atoms with Crippen molar-refractivity contribution in [3.8, 4) is 11.5 Å². The minimum Gasteiger partial charge on any atom is -0.490 e. The van der Waals surface area contributed by atoms with E-state index in [1.54, 1.807) is 6.07 Å². The van der Waals surface area contributed by atoms with Crippen molar-refractivity contribution in [1.29, 1.82) is 0 Å². The first kappa shape index (κ1) is 15.5. The minimum absolute atomic E-state index is 0.132. The van der Waals surface area contributed by atoms with Gasteiger partial charge in [0.1, 0.15) is 5.82 Å². The fourth-order valence-electron chi connectivity index (χ4n) is 2.12. The van der Waals surface area contributed by atoms with E-state index in [9.17, 15) is 4.39 Å². The second-order valence-corrected chi connectivity index (χ2v) is 4.32. The molecular weight excluding hydrogens is 243 g/mol. The number of hydrogen-bond acceptors (Lipinski definition) is 2. The highest BCUT2D eigenvalue weighted by Gasteiger charge is 2.17. The van der Waals surface area contributed by atoms with E-state index >= 15 is 0 Å². The normalized spacial score (nSPS) is 12.0. The van der Waals surface area contributed by atoms with Gasteiger partial charge in [-0.3, -0.25) is 0 Å². The summed E-state index contributed by atoms with van der Waals surface area (Å²) in [4.78, 5) is 0. The maximum Gasteiger partial charge on any atom is 0.164 e. The van der Waals surface area contributed by atoms with E-state index in [4.69, 9.17) is 9.47 Å². The first-order valence-electron chi connectivity index (χ1n) is 6.87. The van der Waals surface area contributed by atoms with Crippen molar-refractivity contribution >= 4 is 0 Å². The van der Waals surface area contributed by atoms with Crippen LogP contribution in [0.25, 0.3) is 0 Å². The zero-order valence-corrected chi connectivity index (χ0v) is 12.0. The molecule has 0 aliphatic rings. The molecule has 1 atom stereocenters. The van der Waals surface area contributed by atoms with Crippen LogP contribution >= 0.6 is 0 Å². The highest BCUT2D eigenvalue weighted by molar-refractivity contribution is 5.45. The van der Waals surface area contributed by atoms with E-state index in [1.807, 2.05) is 26.8 Å². The molecule has 1 rings (SSSR count). The molecule has 0 N–H and O–H groups in total. The third-order valence-electron chi connectivity index (χ3n) is 3.05. The summed E-state index contributed by atoms with van der Waals surface area (Å²) >= 11 is 0. The van der Waals surface area contributed by atoms with Gasteiger partial charge in [0.25, 0.3) is 0 Å². The Morgan fingerprint density at radius 1 is 1.16 bits per heavy atom. The molecule has 1 aromatic rings. The Morgan fingerprint density at radius 3 is 2.21 bits per heavy atom. The molecule has 0 aliphatic carbocycles. The average molecular weight is 266 g/mol. The number of ether oxygens (including phenoxy) is 2. The first-order chi connectivity index (χ1) is 9.17. The first-order valence-corrected chi connectivity index (χ1v) is 6.87. The van der Waals surface area contributed by atoms with E-state index in [1.165, 1.54) is 6.07 Å². The van der Waals surface area contributed by atoms with Gasteiger partial charge in [-0.2, -0.15) is 0 Å². The molecule has 0 aromatic heterocycles. The molecule has 106 valence electrons. The van der Waals surface area contributed by atoms with Gasteiger partial charge < -0.3 is 9.47 Å². The van der Waals surface area contributed by atoms with Crippen molar-refractivity contribution in [2.24, 2.45) is 0 Å². The standard InChI is InChI=1S/C16H23FO2/c1-5-9-12(6-2)13-10-15(18-7-3)16(19-8-4)11-14(13)17/h5,10-12H,1,6-9H2,2-4H3. The van der Waals surface area contributed by atoms with Crippen LogP contribution in [0.2, 0.25) is 0 Å². The molecule has 3 heteroatoms. The predicted molar refractivity (Wildman–Crippen MR) is 76.6 cm³/mol. The SMILES string of the molecule is C=CCC(CC)c1cc(OCC)c(OCC)cc1F. The number of benzene rings is 1. The topological polar surface area (TPSA) is 18.5 Å². The van der Waals surface area contributed by atoms with Gasteiger partial charge in [-0.1, -0.05) is 13.0 Å². The van der Waals surface area contributed by atoms with Gasteiger partial charge in [0.05, 0.1) is 13.2 Å². The molecule has 0 aliphatic heterocycles. The highest BCUT2D eigenvalue weighted by atomic mass is 19.1. The lowest BCUT2D eigenvalue weighted by atomic mass is 9.92. The quantitative estimate of drug-likeness (QED) is 0.635. The molecule has 0 fully saturated rings. The summed E-state index contributed by atoms with van der Waals surface area (Å²) in [6.07, 6.45) is 3.44. The largest absolute Gasteiger partial charge is 0.490 e. The van der Waals surface area contributed by atoms with Crippen LogP contribution in [0.5, 0.6) is 11.5 Å². The summed E-state index contributed by atoms with van der Waals surface area (Å²) in [5.74, 6) is 0.982. The zero-order valence-electron chi connectivity index (χ0n) is 12.0. The van der Waals surface area contributed by atoms with Crippen LogP contribution in [-0.2, 0) is 0 Å². The Bertz CT molecular complexity index is 415. The number of halogens is 1. The van der Waals surface area contributed by atoms with Gasteiger partial charge in [-0.25, -0.2) is 4.39 Å². The summed E-state index contributed by atoms with van der Waals surface area (Å²) < 4.78 is 25.1. The summed E-state index contributed by atoms with van der Waals surface area (Å²) in [7, 11) is 0. The zero-order chi connectivity index (χ0) is 14.3. The fourth-order valence-corrected chi connectivity index (χ4v) is 2.12. The number of hydrogen-bond donors (Lipinski definition) is 0. The minimum atomic E-state index is -0.236. The van der Waals surface area contributed by atoms with Crippen LogP contribution in [0.15, 0.2) is 24.8 Å². The van der Waals surface area contributed by atoms with Crippen molar-refractivity contribution in [2.75, 3.05) is 13.2 Å². The Balaban J connectivity index is 3.17. The van der Waals surface area contributed by atoms with E-state index < -0.39 is 0 Å². The van der Waals surface area contributed by atoms with Gasteiger partial charge in [0.15, 0.2) is 11.5 Å². The molecule has 0 amide bonds. The van der Waals surface area contributed by atoms with Crippen LogP contribution in [0.3, 0.4) is 0 Å². The smallest absolute Gasteiger partial charge is 0.164 e. The van der Waals surface area contributed by atoms with E-state index in [2.05, 4.69) is 6.58 Å². The van der Waals surface area contributed by atoms with Crippen LogP contribution in [-0.4, -0.2) is 13.2 Å². The number of allylic oxidation sites excluding steroid dienone is 1. The fraction of sp³-hybridized carbons (Fsp3) is 0.500. The molecule has 0 spiro atoms. The summed E-state index contributed by atoms with van der Waals surface area (Å²) in [6, 6.07) is 3.19. The van der Waals surface area contributed by atoms with Gasteiger partial charge in [-0.05, 0) is 44.2 Å². The van der Waals surface area contributed by atoms with E-state index in [-0.39, 0.29) is 11.7 Å². The van der Waals surface area contributed by atoms with Gasteiger partial charge >= 0.3 is 0 Å². The molecule has 19 heavy (non-hydrogen) atoms. The summed E-state index contributed by atoms with van der Waals surface area (Å²) in [5, 5.41) is 0. The predicted octanol–water partition coefficient (Wildman–Crippen LogP) is 4.69. The van der Waals surface area contributed by atoms with E-state index in [0.29, 0.717) is 30.3 Å². The summed E-state index contributed by atoms with van der Waals surface area (Å²) in [6.45, 7) is 10.6. The van der Waals surface area contributed by atoms with Crippen LogP contribution in [0.1, 0.15) is 45.1 Å². The Hall–Kier alpha value is -1.51. The molecular formula is C16H23FO2. The second-order valence-electron chi connectivity index (χ2n) is 4.32. The maximum absolute atomic E-state index is 14.2. The average Bonchev–Trinajstić information content (AvgIpc) is 2.40. The Labute approximate surface area is 115 Å². The molecule has 1 unspecified atom stereocenters. The third kappa shape index (κ3) is 3.98. The third-order valence-corrected chi connectivity index (χ3v) is 3.05. The lowest BCUT2D eigenvalue weighted by Crippen LogP contribution is -2.04. The Morgan fingerprint density at radius 2 is 1.74 bits per heavy atom. The second kappa shape index (κ2) is 7.82. The highest BCUT2D eigenvalue weighted by Crippen LogP contribution is 2.35. The van der Waals surface area contributed by atoms with Gasteiger partial charge in [0.2, 0.25) is 0 Å². The van der Waals surface area contributed by atoms with Crippen LogP contribution in [0, 0.1) is 5.82 Å². The molecule has 1 aromatic carbocycles. The maximum atomic E-state index is 14.2. The number of rotatable bonds is 8. The van der Waals surface area contributed by atoms with Crippen molar-refractivity contribution in [3.05, 3.63) is 36.2 Å². The van der Waals surface area contributed by atoms with Gasteiger partial charge in [-0.15, -0.1) is 6.58 Å². The van der Waals surface area contributed by atoms with Crippen molar-refractivity contribution < 1.29 is 13.9 Å². The summed E-state index contributed by atoms with van der Waals surface area (Å²) in [5.41, 5.74) is 0.675. The molecule has 2 nitrogen and oxygen atoms in total. The molecule has 0 saturated heterocycles. The van der Waals surface area contributed by atoms with Gasteiger partial charge in [0, 0.05) is 6.07 Å². The van der Waals surface area contributed by atoms with Crippen molar-refractivity contribution in [2.45, 2.75) is 39.5 Å². The lowest BCUT2D eigenvalue weighted by Gasteiger charge is -2.18. The van der Waals surface area contributed by atoms with Crippen LogP contribution < -0.4 is 9.47 Å². The van der Waals surface area contributed by atoms with E-state index in [0.717, 1.165) is 12.8 Å². The lowest BCUT2D eigenvalue weighted by molar-refractivity contribution is 0.285. The molecule has 0 radical (unpaired) electrons. The van der Waals surface area contributed by atoms with Crippen LogP contribution in [0.4, 0.5) is 4.39 Å². The Kier molecular flexibility index (Phi) is 6.40.